The van der Waals surface area contributed by atoms with E-state index in [1.807, 2.05) is 0 Å². The van der Waals surface area contributed by atoms with Crippen LogP contribution in [0.3, 0.4) is 0 Å². The van der Waals surface area contributed by atoms with Crippen LogP contribution in [0.25, 0.3) is 0 Å². The first-order valence-electron chi connectivity index (χ1n) is 10.7. The number of hydrogen-bond donors (Lipinski definition) is 8. The second-order valence-corrected chi connectivity index (χ2v) is 7.97. The second-order valence-electron chi connectivity index (χ2n) is 7.97. The largest absolute Gasteiger partial charge is 0.481 e. The monoisotopic (exact) mass is 490 g/mol. The van der Waals surface area contributed by atoms with E-state index in [1.54, 1.807) is 13.8 Å². The van der Waals surface area contributed by atoms with E-state index in [0.717, 1.165) is 0 Å². The fraction of sp³-hybridized carbons (Fsp3) is 0.700. The molecule has 0 heterocycles. The van der Waals surface area contributed by atoms with Crippen molar-refractivity contribution < 1.29 is 49.2 Å². The molecule has 0 aromatic carbocycles. The van der Waals surface area contributed by atoms with Gasteiger partial charge in [-0.25, -0.2) is 4.79 Å². The maximum Gasteiger partial charge on any atom is 0.326 e. The molecule has 6 atom stereocenters. The summed E-state index contributed by atoms with van der Waals surface area (Å²) < 4.78 is 0. The highest BCUT2D eigenvalue weighted by Gasteiger charge is 2.34. The molecule has 0 fully saturated rings. The SMILES string of the molecule is CCC(C)C(NC(=O)C(NC(=O)C(CCC(=O)O)NC(=O)C(N)CCC(=O)O)C(C)O)C(=O)O. The van der Waals surface area contributed by atoms with Gasteiger partial charge in [-0.15, -0.1) is 0 Å². The van der Waals surface area contributed by atoms with Gasteiger partial charge in [-0.1, -0.05) is 20.3 Å². The number of hydrogen-bond acceptors (Lipinski definition) is 8. The van der Waals surface area contributed by atoms with E-state index in [1.165, 1.54) is 6.92 Å². The minimum Gasteiger partial charge on any atom is -0.481 e. The topological polar surface area (TPSA) is 245 Å². The van der Waals surface area contributed by atoms with Crippen LogP contribution in [0.5, 0.6) is 0 Å². The number of carboxylic acids is 3. The zero-order chi connectivity index (χ0) is 26.6. The van der Waals surface area contributed by atoms with Gasteiger partial charge in [0.25, 0.3) is 0 Å². The molecule has 34 heavy (non-hydrogen) atoms. The minimum absolute atomic E-state index is 0.237. The highest BCUT2D eigenvalue weighted by Crippen LogP contribution is 2.09. The van der Waals surface area contributed by atoms with Crippen LogP contribution in [0.2, 0.25) is 0 Å². The summed E-state index contributed by atoms with van der Waals surface area (Å²) in [7, 11) is 0. The number of amides is 3. The van der Waals surface area contributed by atoms with Crippen LogP contribution in [-0.2, 0) is 28.8 Å². The quantitative estimate of drug-likeness (QED) is 0.118. The summed E-state index contributed by atoms with van der Waals surface area (Å²) >= 11 is 0. The van der Waals surface area contributed by atoms with Crippen LogP contribution in [0.15, 0.2) is 0 Å². The van der Waals surface area contributed by atoms with Crippen molar-refractivity contribution in [2.24, 2.45) is 11.7 Å². The number of aliphatic carboxylic acids is 3. The Labute approximate surface area is 196 Å². The first kappa shape index (κ1) is 30.7. The normalized spacial score (nSPS) is 16.1. The van der Waals surface area contributed by atoms with E-state index in [0.29, 0.717) is 6.42 Å². The van der Waals surface area contributed by atoms with Crippen LogP contribution in [-0.4, -0.2) is 86.3 Å². The van der Waals surface area contributed by atoms with Crippen molar-refractivity contribution in [3.05, 3.63) is 0 Å². The molecule has 6 unspecified atom stereocenters. The lowest BCUT2D eigenvalue weighted by molar-refractivity contribution is -0.144. The lowest BCUT2D eigenvalue weighted by Gasteiger charge is -2.27. The number of carboxylic acid groups (broad SMARTS) is 3. The lowest BCUT2D eigenvalue weighted by atomic mass is 9.98. The summed E-state index contributed by atoms with van der Waals surface area (Å²) in [5.74, 6) is -7.14. The van der Waals surface area contributed by atoms with Gasteiger partial charge in [-0.3, -0.25) is 24.0 Å². The van der Waals surface area contributed by atoms with Crippen molar-refractivity contribution in [3.8, 4) is 0 Å². The van der Waals surface area contributed by atoms with Gasteiger partial charge < -0.3 is 42.1 Å². The molecule has 14 nitrogen and oxygen atoms in total. The van der Waals surface area contributed by atoms with Gasteiger partial charge in [0.05, 0.1) is 12.1 Å². The number of nitrogens with two attached hydrogens (primary N) is 1. The molecular formula is C20H34N4O10. The van der Waals surface area contributed by atoms with Crippen molar-refractivity contribution in [3.63, 3.8) is 0 Å². The van der Waals surface area contributed by atoms with E-state index in [9.17, 15) is 39.0 Å². The van der Waals surface area contributed by atoms with Crippen molar-refractivity contribution in [1.82, 2.24) is 16.0 Å². The van der Waals surface area contributed by atoms with Crippen molar-refractivity contribution in [2.75, 3.05) is 0 Å². The highest BCUT2D eigenvalue weighted by molar-refractivity contribution is 5.94. The number of carbonyl (C=O) groups is 6. The second kappa shape index (κ2) is 14.8. The van der Waals surface area contributed by atoms with Gasteiger partial charge in [-0.2, -0.15) is 0 Å². The number of aliphatic hydroxyl groups is 1. The fourth-order valence-electron chi connectivity index (χ4n) is 2.81. The van der Waals surface area contributed by atoms with Crippen LogP contribution in [0.1, 0.15) is 52.9 Å². The smallest absolute Gasteiger partial charge is 0.326 e. The predicted molar refractivity (Wildman–Crippen MR) is 116 cm³/mol. The number of rotatable bonds is 16. The fourth-order valence-corrected chi connectivity index (χ4v) is 2.81. The Kier molecular flexibility index (Phi) is 13.4. The van der Waals surface area contributed by atoms with Gasteiger partial charge in [0.2, 0.25) is 17.7 Å². The van der Waals surface area contributed by atoms with Crippen molar-refractivity contribution >= 4 is 35.6 Å². The third kappa shape index (κ3) is 11.0. The zero-order valence-electron chi connectivity index (χ0n) is 19.3. The summed E-state index contributed by atoms with van der Waals surface area (Å²) in [5.41, 5.74) is 5.61. The van der Waals surface area contributed by atoms with Crippen LogP contribution in [0, 0.1) is 5.92 Å². The molecular weight excluding hydrogens is 456 g/mol. The van der Waals surface area contributed by atoms with Crippen LogP contribution in [0.4, 0.5) is 0 Å². The van der Waals surface area contributed by atoms with Gasteiger partial charge >= 0.3 is 17.9 Å². The molecule has 0 radical (unpaired) electrons. The zero-order valence-corrected chi connectivity index (χ0v) is 19.3. The maximum absolute atomic E-state index is 12.7. The Morgan fingerprint density at radius 3 is 1.71 bits per heavy atom. The molecule has 0 bridgehead atoms. The molecule has 0 saturated heterocycles. The maximum atomic E-state index is 12.7. The Bertz CT molecular complexity index is 758. The standard InChI is InChI=1S/C20H34N4O10/c1-4-9(2)15(20(33)34)23-19(32)16(10(3)25)24-18(31)12(6-8-14(28)29)22-17(30)11(21)5-7-13(26)27/h9-12,15-16,25H,4-8,21H2,1-3H3,(H,22,30)(H,23,32)(H,24,31)(H,26,27)(H,28,29)(H,33,34). The van der Waals surface area contributed by atoms with Gasteiger partial charge in [0, 0.05) is 12.8 Å². The van der Waals surface area contributed by atoms with E-state index in [2.05, 4.69) is 16.0 Å². The molecule has 0 saturated carbocycles. The lowest BCUT2D eigenvalue weighted by Crippen LogP contribution is -2.60. The summed E-state index contributed by atoms with van der Waals surface area (Å²) in [6.07, 6.45) is -2.62. The Morgan fingerprint density at radius 1 is 0.765 bits per heavy atom. The molecule has 0 rings (SSSR count). The van der Waals surface area contributed by atoms with Crippen molar-refractivity contribution in [1.29, 1.82) is 0 Å². The summed E-state index contributed by atoms with van der Waals surface area (Å²) in [6.45, 7) is 4.49. The highest BCUT2D eigenvalue weighted by atomic mass is 16.4. The molecule has 0 aromatic rings. The number of aliphatic hydroxyl groups excluding tert-OH is 1. The minimum atomic E-state index is -1.61. The Balaban J connectivity index is 5.51. The number of nitrogens with one attached hydrogen (secondary N) is 3. The van der Waals surface area contributed by atoms with Gasteiger partial charge in [-0.05, 0) is 25.7 Å². The first-order valence-corrected chi connectivity index (χ1v) is 10.7. The predicted octanol–water partition coefficient (Wildman–Crippen LogP) is -1.99. The summed E-state index contributed by atoms with van der Waals surface area (Å²) in [5, 5.41) is 43.6. The third-order valence-corrected chi connectivity index (χ3v) is 5.13. The molecule has 0 aliphatic heterocycles. The molecule has 0 aliphatic carbocycles. The molecule has 9 N–H and O–H groups in total. The Hall–Kier alpha value is -3.26. The third-order valence-electron chi connectivity index (χ3n) is 5.13. The molecule has 0 spiro atoms. The van der Waals surface area contributed by atoms with Crippen molar-refractivity contribution in [2.45, 2.75) is 83.1 Å². The average molecular weight is 491 g/mol. The summed E-state index contributed by atoms with van der Waals surface area (Å²) in [6, 6.07) is -5.66. The van der Waals surface area contributed by atoms with Gasteiger partial charge in [0.15, 0.2) is 0 Å². The van der Waals surface area contributed by atoms with E-state index in [4.69, 9.17) is 15.9 Å². The molecule has 3 amide bonds. The van der Waals surface area contributed by atoms with Gasteiger partial charge in [0.1, 0.15) is 18.1 Å². The summed E-state index contributed by atoms with van der Waals surface area (Å²) in [4.78, 5) is 70.7. The molecule has 0 aromatic heterocycles. The van der Waals surface area contributed by atoms with E-state index >= 15 is 0 Å². The average Bonchev–Trinajstić information content (AvgIpc) is 2.74. The molecule has 0 aliphatic rings. The first-order chi connectivity index (χ1) is 15.7. The van der Waals surface area contributed by atoms with E-state index in [-0.39, 0.29) is 6.42 Å². The Morgan fingerprint density at radius 2 is 1.26 bits per heavy atom. The van der Waals surface area contributed by atoms with E-state index < -0.39 is 91.1 Å². The van der Waals surface area contributed by atoms with Crippen LogP contribution >= 0.6 is 0 Å². The molecule has 14 heteroatoms. The molecule has 194 valence electrons. The number of carbonyl (C=O) groups excluding carboxylic acids is 3. The van der Waals surface area contributed by atoms with Crippen LogP contribution < -0.4 is 21.7 Å².